The summed E-state index contributed by atoms with van der Waals surface area (Å²) in [6.45, 7) is 5.35. The van der Waals surface area contributed by atoms with Crippen molar-refractivity contribution in [3.8, 4) is 0 Å². The van der Waals surface area contributed by atoms with Gasteiger partial charge in [-0.15, -0.1) is 11.8 Å². The fourth-order valence-corrected chi connectivity index (χ4v) is 5.29. The van der Waals surface area contributed by atoms with E-state index in [0.717, 1.165) is 35.3 Å². The van der Waals surface area contributed by atoms with Crippen molar-refractivity contribution >= 4 is 35.1 Å². The summed E-state index contributed by atoms with van der Waals surface area (Å²) in [6.07, 6.45) is 1.55. The fourth-order valence-electron chi connectivity index (χ4n) is 3.97. The lowest BCUT2D eigenvalue weighted by atomic mass is 10.0. The highest BCUT2D eigenvalue weighted by Gasteiger charge is 2.49. The van der Waals surface area contributed by atoms with Crippen molar-refractivity contribution in [3.05, 3.63) is 59.7 Å². The minimum atomic E-state index is -0.245. The SMILES string of the molecule is Cc1ccc(NC(=O)N2CCC3(CC2)SCC(=O)N3c2cccc(C)c2)cc1. The van der Waals surface area contributed by atoms with Crippen molar-refractivity contribution in [2.75, 3.05) is 29.1 Å². The Hall–Kier alpha value is -2.47. The van der Waals surface area contributed by atoms with Crippen LogP contribution in [0.4, 0.5) is 16.2 Å². The molecule has 1 spiro atoms. The van der Waals surface area contributed by atoms with Gasteiger partial charge in [-0.25, -0.2) is 4.79 Å². The quantitative estimate of drug-likeness (QED) is 0.820. The van der Waals surface area contributed by atoms with E-state index in [1.54, 1.807) is 11.8 Å². The van der Waals surface area contributed by atoms with Crippen molar-refractivity contribution < 1.29 is 9.59 Å². The molecule has 4 rings (SSSR count). The Morgan fingerprint density at radius 2 is 1.75 bits per heavy atom. The molecule has 2 fully saturated rings. The summed E-state index contributed by atoms with van der Waals surface area (Å²) in [5, 5.41) is 2.98. The first-order valence-electron chi connectivity index (χ1n) is 9.63. The van der Waals surface area contributed by atoms with Crippen LogP contribution in [0.2, 0.25) is 0 Å². The van der Waals surface area contributed by atoms with Gasteiger partial charge in [-0.3, -0.25) is 9.69 Å². The minimum absolute atomic E-state index is 0.0740. The van der Waals surface area contributed by atoms with E-state index >= 15 is 0 Å². The first-order chi connectivity index (χ1) is 13.5. The Morgan fingerprint density at radius 1 is 1.04 bits per heavy atom. The second-order valence-corrected chi connectivity index (χ2v) is 8.92. The number of piperidine rings is 1. The van der Waals surface area contributed by atoms with Gasteiger partial charge < -0.3 is 10.2 Å². The van der Waals surface area contributed by atoms with Gasteiger partial charge in [-0.05, 0) is 56.5 Å². The van der Waals surface area contributed by atoms with Crippen molar-refractivity contribution in [1.29, 1.82) is 0 Å². The van der Waals surface area contributed by atoms with Gasteiger partial charge in [-0.1, -0.05) is 29.8 Å². The Labute approximate surface area is 170 Å². The molecule has 28 heavy (non-hydrogen) atoms. The summed E-state index contributed by atoms with van der Waals surface area (Å²) in [5.74, 6) is 0.664. The molecule has 2 saturated heterocycles. The zero-order valence-electron chi connectivity index (χ0n) is 16.3. The number of thioether (sulfide) groups is 1. The van der Waals surface area contributed by atoms with Gasteiger partial charge in [0, 0.05) is 24.5 Å². The highest BCUT2D eigenvalue weighted by atomic mass is 32.2. The maximum absolute atomic E-state index is 12.7. The van der Waals surface area contributed by atoms with E-state index in [1.165, 1.54) is 0 Å². The third-order valence-electron chi connectivity index (χ3n) is 5.52. The molecule has 1 N–H and O–H groups in total. The standard InChI is InChI=1S/C22H25N3O2S/c1-16-6-8-18(9-7-16)23-21(27)24-12-10-22(11-13-24)25(20(26)15-28-22)19-5-3-4-17(2)14-19/h3-9,14H,10-13,15H2,1-2H3,(H,23,27). The number of carbonyl (C=O) groups is 2. The molecular formula is C22H25N3O2S. The van der Waals surface area contributed by atoms with Crippen molar-refractivity contribution in [2.24, 2.45) is 0 Å². The molecule has 2 aromatic carbocycles. The molecule has 2 aromatic rings. The number of hydrogen-bond acceptors (Lipinski definition) is 3. The van der Waals surface area contributed by atoms with Gasteiger partial charge in [0.1, 0.15) is 0 Å². The number of amides is 3. The van der Waals surface area contributed by atoms with Crippen molar-refractivity contribution in [3.63, 3.8) is 0 Å². The average Bonchev–Trinajstić information content (AvgIpc) is 3.00. The van der Waals surface area contributed by atoms with E-state index in [-0.39, 0.29) is 16.8 Å². The summed E-state index contributed by atoms with van der Waals surface area (Å²) in [5.41, 5.74) is 4.08. The Bertz CT molecular complexity index is 889. The van der Waals surface area contributed by atoms with E-state index in [9.17, 15) is 9.59 Å². The largest absolute Gasteiger partial charge is 0.324 e. The zero-order valence-corrected chi connectivity index (χ0v) is 17.1. The maximum atomic E-state index is 12.7. The number of nitrogens with zero attached hydrogens (tertiary/aromatic N) is 2. The van der Waals surface area contributed by atoms with Crippen LogP contribution in [0.25, 0.3) is 0 Å². The number of likely N-dealkylation sites (tertiary alicyclic amines) is 1. The number of anilines is 2. The topological polar surface area (TPSA) is 52.7 Å². The molecule has 2 heterocycles. The third-order valence-corrected chi connectivity index (χ3v) is 7.04. The highest BCUT2D eigenvalue weighted by Crippen LogP contribution is 2.46. The van der Waals surface area contributed by atoms with Crippen LogP contribution in [0.1, 0.15) is 24.0 Å². The molecule has 0 atom stereocenters. The van der Waals surface area contributed by atoms with E-state index in [4.69, 9.17) is 0 Å². The summed E-state index contributed by atoms with van der Waals surface area (Å²) in [4.78, 5) is 28.9. The van der Waals surface area contributed by atoms with Crippen LogP contribution in [0.3, 0.4) is 0 Å². The number of urea groups is 1. The number of carbonyl (C=O) groups excluding carboxylic acids is 2. The van der Waals surface area contributed by atoms with Crippen LogP contribution in [0, 0.1) is 13.8 Å². The number of rotatable bonds is 2. The second kappa shape index (κ2) is 7.51. The fraction of sp³-hybridized carbons (Fsp3) is 0.364. The Morgan fingerprint density at radius 3 is 2.43 bits per heavy atom. The average molecular weight is 396 g/mol. The van der Waals surface area contributed by atoms with Gasteiger partial charge in [-0.2, -0.15) is 0 Å². The first-order valence-corrected chi connectivity index (χ1v) is 10.6. The minimum Gasteiger partial charge on any atom is -0.324 e. The molecule has 0 saturated carbocycles. The molecular weight excluding hydrogens is 370 g/mol. The van der Waals surface area contributed by atoms with Crippen LogP contribution >= 0.6 is 11.8 Å². The molecule has 6 heteroatoms. The lowest BCUT2D eigenvalue weighted by Crippen LogP contribution is -2.53. The number of aryl methyl sites for hydroxylation is 2. The lowest BCUT2D eigenvalue weighted by Gasteiger charge is -2.44. The molecule has 0 bridgehead atoms. The van der Waals surface area contributed by atoms with E-state index in [0.29, 0.717) is 18.8 Å². The van der Waals surface area contributed by atoms with Gasteiger partial charge in [0.25, 0.3) is 0 Å². The number of nitrogens with one attached hydrogen (secondary N) is 1. The van der Waals surface area contributed by atoms with E-state index < -0.39 is 0 Å². The van der Waals surface area contributed by atoms with Crippen LogP contribution in [-0.4, -0.2) is 40.6 Å². The molecule has 146 valence electrons. The Balaban J connectivity index is 1.45. The van der Waals surface area contributed by atoms with E-state index in [2.05, 4.69) is 11.4 Å². The van der Waals surface area contributed by atoms with Gasteiger partial charge >= 0.3 is 6.03 Å². The van der Waals surface area contributed by atoms with Crippen LogP contribution < -0.4 is 10.2 Å². The van der Waals surface area contributed by atoms with Crippen molar-refractivity contribution in [1.82, 2.24) is 4.90 Å². The molecule has 0 aliphatic carbocycles. The van der Waals surface area contributed by atoms with Crippen molar-refractivity contribution in [2.45, 2.75) is 31.6 Å². The van der Waals surface area contributed by atoms with Gasteiger partial charge in [0.05, 0.1) is 10.6 Å². The molecule has 2 aliphatic heterocycles. The first kappa shape index (κ1) is 18.9. The summed E-state index contributed by atoms with van der Waals surface area (Å²) >= 11 is 1.72. The normalized spacial score (nSPS) is 18.6. The monoisotopic (exact) mass is 395 g/mol. The summed E-state index contributed by atoms with van der Waals surface area (Å²) < 4.78 is 0. The molecule has 0 aromatic heterocycles. The molecule has 0 radical (unpaired) electrons. The van der Waals surface area contributed by atoms with Gasteiger partial charge in [0.15, 0.2) is 0 Å². The van der Waals surface area contributed by atoms with Gasteiger partial charge in [0.2, 0.25) is 5.91 Å². The Kier molecular flexibility index (Phi) is 5.06. The zero-order chi connectivity index (χ0) is 19.7. The maximum Gasteiger partial charge on any atom is 0.321 e. The third kappa shape index (κ3) is 3.61. The summed E-state index contributed by atoms with van der Waals surface area (Å²) in [7, 11) is 0. The summed E-state index contributed by atoms with van der Waals surface area (Å²) in [6, 6.07) is 15.9. The lowest BCUT2D eigenvalue weighted by molar-refractivity contribution is -0.116. The molecule has 0 unspecified atom stereocenters. The predicted molar refractivity (Wildman–Crippen MR) is 115 cm³/mol. The van der Waals surface area contributed by atoms with Crippen LogP contribution in [0.5, 0.6) is 0 Å². The molecule has 3 amide bonds. The van der Waals surface area contributed by atoms with Crippen LogP contribution in [-0.2, 0) is 4.79 Å². The molecule has 5 nitrogen and oxygen atoms in total. The number of hydrogen-bond donors (Lipinski definition) is 1. The van der Waals surface area contributed by atoms with E-state index in [1.807, 2.05) is 66.1 Å². The second-order valence-electron chi connectivity index (χ2n) is 7.59. The number of benzene rings is 2. The smallest absolute Gasteiger partial charge is 0.321 e. The predicted octanol–water partition coefficient (Wildman–Crippen LogP) is 4.41. The molecule has 2 aliphatic rings. The van der Waals surface area contributed by atoms with Crippen LogP contribution in [0.15, 0.2) is 48.5 Å². The highest BCUT2D eigenvalue weighted by molar-refractivity contribution is 8.02.